The Morgan fingerprint density at radius 3 is 2.58 bits per heavy atom. The van der Waals surface area contributed by atoms with Gasteiger partial charge in [0.1, 0.15) is 11.6 Å². The molecule has 2 aromatic carbocycles. The molecule has 0 saturated carbocycles. The van der Waals surface area contributed by atoms with Gasteiger partial charge in [0.05, 0.1) is 0 Å². The molecule has 0 aliphatic carbocycles. The number of halogens is 1. The van der Waals surface area contributed by atoms with Crippen molar-refractivity contribution >= 4 is 17.5 Å². The predicted molar refractivity (Wildman–Crippen MR) is 95.1 cm³/mol. The fourth-order valence-electron chi connectivity index (χ4n) is 2.31. The molecule has 0 atom stereocenters. The van der Waals surface area contributed by atoms with Crippen molar-refractivity contribution in [3.63, 3.8) is 0 Å². The van der Waals surface area contributed by atoms with E-state index >= 15 is 0 Å². The van der Waals surface area contributed by atoms with Gasteiger partial charge in [-0.15, -0.1) is 0 Å². The molecule has 1 aromatic heterocycles. The van der Waals surface area contributed by atoms with E-state index in [-0.39, 0.29) is 5.82 Å². The summed E-state index contributed by atoms with van der Waals surface area (Å²) in [5.74, 6) is 1.05. The number of anilines is 3. The molecule has 0 aliphatic heterocycles. The molecule has 0 amide bonds. The van der Waals surface area contributed by atoms with Crippen LogP contribution in [0.25, 0.3) is 0 Å². The number of hydrogen-bond acceptors (Lipinski definition) is 4. The van der Waals surface area contributed by atoms with Gasteiger partial charge < -0.3 is 10.6 Å². The number of benzene rings is 2. The number of nitrogens with zero attached hydrogens (tertiary/aromatic N) is 2. The van der Waals surface area contributed by atoms with E-state index in [0.29, 0.717) is 30.3 Å². The molecule has 0 saturated heterocycles. The van der Waals surface area contributed by atoms with Gasteiger partial charge >= 0.3 is 0 Å². The number of rotatable bonds is 6. The van der Waals surface area contributed by atoms with Crippen LogP contribution in [0.3, 0.4) is 0 Å². The first kappa shape index (κ1) is 15.9. The molecular weight excluding hydrogens is 303 g/mol. The highest BCUT2D eigenvalue weighted by Gasteiger charge is 2.02. The number of aryl methyl sites for hydroxylation is 1. The van der Waals surface area contributed by atoms with E-state index in [2.05, 4.69) is 20.6 Å². The fourth-order valence-corrected chi connectivity index (χ4v) is 2.31. The summed E-state index contributed by atoms with van der Waals surface area (Å²) in [4.78, 5) is 8.63. The Morgan fingerprint density at radius 2 is 1.79 bits per heavy atom. The van der Waals surface area contributed by atoms with E-state index in [4.69, 9.17) is 0 Å². The van der Waals surface area contributed by atoms with Crippen molar-refractivity contribution in [3.05, 3.63) is 77.7 Å². The maximum Gasteiger partial charge on any atom is 0.229 e. The van der Waals surface area contributed by atoms with Crippen LogP contribution in [0.5, 0.6) is 0 Å². The minimum atomic E-state index is -0.177. The molecule has 122 valence electrons. The lowest BCUT2D eigenvalue weighted by Crippen LogP contribution is -2.08. The summed E-state index contributed by atoms with van der Waals surface area (Å²) < 4.78 is 13.6. The lowest BCUT2D eigenvalue weighted by Gasteiger charge is -2.09. The first-order valence-corrected chi connectivity index (χ1v) is 7.85. The molecule has 4 nitrogen and oxygen atoms in total. The molecule has 24 heavy (non-hydrogen) atoms. The summed E-state index contributed by atoms with van der Waals surface area (Å²) >= 11 is 0. The predicted octanol–water partition coefficient (Wildman–Crippen LogP) is 4.32. The number of aromatic nitrogens is 2. The SMILES string of the molecule is Cc1ccc(Nc2nccc(NCCc3ccccc3F)n2)cc1. The summed E-state index contributed by atoms with van der Waals surface area (Å²) in [7, 11) is 0. The van der Waals surface area contributed by atoms with Crippen molar-refractivity contribution < 1.29 is 4.39 Å². The van der Waals surface area contributed by atoms with Crippen LogP contribution in [0.15, 0.2) is 60.8 Å². The van der Waals surface area contributed by atoms with Crippen molar-refractivity contribution in [1.29, 1.82) is 0 Å². The van der Waals surface area contributed by atoms with Crippen LogP contribution in [0.2, 0.25) is 0 Å². The van der Waals surface area contributed by atoms with E-state index in [1.807, 2.05) is 37.3 Å². The zero-order valence-electron chi connectivity index (χ0n) is 13.5. The molecular formula is C19H19FN4. The van der Waals surface area contributed by atoms with Crippen LogP contribution in [0.4, 0.5) is 21.8 Å². The third kappa shape index (κ3) is 4.29. The highest BCUT2D eigenvalue weighted by atomic mass is 19.1. The summed E-state index contributed by atoms with van der Waals surface area (Å²) in [5, 5.41) is 6.36. The van der Waals surface area contributed by atoms with Gasteiger partial charge in [0.25, 0.3) is 0 Å². The highest BCUT2D eigenvalue weighted by molar-refractivity contribution is 5.55. The molecule has 0 aliphatic rings. The lowest BCUT2D eigenvalue weighted by molar-refractivity contribution is 0.610. The third-order valence-corrected chi connectivity index (χ3v) is 3.62. The first-order valence-electron chi connectivity index (χ1n) is 7.85. The zero-order chi connectivity index (χ0) is 16.8. The van der Waals surface area contributed by atoms with Crippen molar-refractivity contribution in [1.82, 2.24) is 9.97 Å². The summed E-state index contributed by atoms with van der Waals surface area (Å²) in [6.45, 7) is 2.64. The smallest absolute Gasteiger partial charge is 0.229 e. The van der Waals surface area contributed by atoms with Crippen molar-refractivity contribution in [2.75, 3.05) is 17.2 Å². The van der Waals surface area contributed by atoms with Gasteiger partial charge in [0.2, 0.25) is 5.95 Å². The normalized spacial score (nSPS) is 10.4. The summed E-state index contributed by atoms with van der Waals surface area (Å²) in [5.41, 5.74) is 2.83. The molecule has 0 spiro atoms. The molecule has 1 heterocycles. The second-order valence-electron chi connectivity index (χ2n) is 5.52. The van der Waals surface area contributed by atoms with Crippen LogP contribution in [-0.2, 0) is 6.42 Å². The molecule has 0 radical (unpaired) electrons. The number of nitrogens with one attached hydrogen (secondary N) is 2. The Bertz CT molecular complexity index is 802. The van der Waals surface area contributed by atoms with Crippen LogP contribution in [-0.4, -0.2) is 16.5 Å². The van der Waals surface area contributed by atoms with Gasteiger partial charge in [-0.2, -0.15) is 4.98 Å². The van der Waals surface area contributed by atoms with Gasteiger partial charge in [-0.3, -0.25) is 0 Å². The van der Waals surface area contributed by atoms with Crippen LogP contribution in [0, 0.1) is 12.7 Å². The minimum Gasteiger partial charge on any atom is -0.370 e. The largest absolute Gasteiger partial charge is 0.370 e. The average Bonchev–Trinajstić information content (AvgIpc) is 2.59. The van der Waals surface area contributed by atoms with E-state index in [0.717, 1.165) is 5.69 Å². The summed E-state index contributed by atoms with van der Waals surface area (Å²) in [6, 6.07) is 16.6. The topological polar surface area (TPSA) is 49.8 Å². The maximum absolute atomic E-state index is 13.6. The van der Waals surface area contributed by atoms with E-state index in [1.54, 1.807) is 24.4 Å². The molecule has 3 aromatic rings. The molecule has 0 bridgehead atoms. The Morgan fingerprint density at radius 1 is 1.00 bits per heavy atom. The Hall–Kier alpha value is -2.95. The molecule has 5 heteroatoms. The second-order valence-corrected chi connectivity index (χ2v) is 5.52. The van der Waals surface area contributed by atoms with Crippen LogP contribution >= 0.6 is 0 Å². The number of hydrogen-bond donors (Lipinski definition) is 2. The Kier molecular flexibility index (Phi) is 5.01. The molecule has 0 unspecified atom stereocenters. The third-order valence-electron chi connectivity index (χ3n) is 3.62. The van der Waals surface area contributed by atoms with E-state index < -0.39 is 0 Å². The molecule has 2 N–H and O–H groups in total. The average molecular weight is 322 g/mol. The maximum atomic E-state index is 13.6. The molecule has 3 rings (SSSR count). The Labute approximate surface area is 140 Å². The quantitative estimate of drug-likeness (QED) is 0.709. The first-order chi connectivity index (χ1) is 11.7. The van der Waals surface area contributed by atoms with Crippen molar-refractivity contribution in [2.24, 2.45) is 0 Å². The molecule has 0 fully saturated rings. The van der Waals surface area contributed by atoms with E-state index in [9.17, 15) is 4.39 Å². The standard InChI is InChI=1S/C19H19FN4/c1-14-6-8-16(9-7-14)23-19-22-13-11-18(24-19)21-12-10-15-4-2-3-5-17(15)20/h2-9,11,13H,10,12H2,1H3,(H2,21,22,23,24). The van der Waals surface area contributed by atoms with Gasteiger partial charge in [-0.1, -0.05) is 35.9 Å². The van der Waals surface area contributed by atoms with Crippen molar-refractivity contribution in [3.8, 4) is 0 Å². The van der Waals surface area contributed by atoms with Crippen LogP contribution < -0.4 is 10.6 Å². The fraction of sp³-hybridized carbons (Fsp3) is 0.158. The van der Waals surface area contributed by atoms with Gasteiger partial charge in [-0.25, -0.2) is 9.37 Å². The summed E-state index contributed by atoms with van der Waals surface area (Å²) in [6.07, 6.45) is 2.28. The van der Waals surface area contributed by atoms with Crippen LogP contribution in [0.1, 0.15) is 11.1 Å². The minimum absolute atomic E-state index is 0.177. The zero-order valence-corrected chi connectivity index (χ0v) is 13.5. The highest BCUT2D eigenvalue weighted by Crippen LogP contribution is 2.15. The van der Waals surface area contributed by atoms with Gasteiger partial charge in [-0.05, 0) is 43.2 Å². The lowest BCUT2D eigenvalue weighted by atomic mass is 10.1. The monoisotopic (exact) mass is 322 g/mol. The van der Waals surface area contributed by atoms with E-state index in [1.165, 1.54) is 11.6 Å². The Balaban J connectivity index is 1.59. The van der Waals surface area contributed by atoms with Gasteiger partial charge in [0, 0.05) is 18.4 Å². The second kappa shape index (κ2) is 7.55. The van der Waals surface area contributed by atoms with Crippen molar-refractivity contribution in [2.45, 2.75) is 13.3 Å². The van der Waals surface area contributed by atoms with Gasteiger partial charge in [0.15, 0.2) is 0 Å².